The van der Waals surface area contributed by atoms with E-state index in [1.807, 2.05) is 0 Å². The molecular formula is C35H56N2O. The summed E-state index contributed by atoms with van der Waals surface area (Å²) in [4.78, 5) is 9.46. The lowest BCUT2D eigenvalue weighted by atomic mass is 9.77. The second-order valence-electron chi connectivity index (χ2n) is 11.8. The van der Waals surface area contributed by atoms with Gasteiger partial charge in [-0.3, -0.25) is 0 Å². The molecule has 1 saturated carbocycles. The van der Waals surface area contributed by atoms with Gasteiger partial charge in [0.05, 0.1) is 6.61 Å². The molecule has 0 saturated heterocycles. The summed E-state index contributed by atoms with van der Waals surface area (Å²) in [6, 6.07) is 8.31. The van der Waals surface area contributed by atoms with Crippen LogP contribution in [0.15, 0.2) is 36.7 Å². The van der Waals surface area contributed by atoms with Crippen LogP contribution in [0.2, 0.25) is 0 Å². The van der Waals surface area contributed by atoms with Crippen LogP contribution in [0.5, 0.6) is 5.75 Å². The van der Waals surface area contributed by atoms with E-state index in [1.54, 1.807) is 0 Å². The van der Waals surface area contributed by atoms with Gasteiger partial charge < -0.3 is 4.74 Å². The zero-order valence-electron chi connectivity index (χ0n) is 24.8. The van der Waals surface area contributed by atoms with Crippen molar-refractivity contribution in [3.8, 4) is 17.1 Å². The minimum Gasteiger partial charge on any atom is -0.494 e. The van der Waals surface area contributed by atoms with Crippen LogP contribution in [0.25, 0.3) is 11.4 Å². The predicted octanol–water partition coefficient (Wildman–Crippen LogP) is 11.1. The standard InChI is InChI=1S/C35H56N2O/c1-3-5-7-9-10-11-12-13-15-17-27-38-34-25-23-32(24-26-34)35-36-28-33(29-37-35)31-21-19-30(20-22-31)18-16-14-8-6-4-2/h23-26,28-31H,3-22,27H2,1-2H3/t30-,31-. The summed E-state index contributed by atoms with van der Waals surface area (Å²) < 4.78 is 5.98. The maximum absolute atomic E-state index is 5.98. The average molecular weight is 521 g/mol. The molecular weight excluding hydrogens is 464 g/mol. The Kier molecular flexibility index (Phi) is 15.5. The molecule has 3 nitrogen and oxygen atoms in total. The first-order valence-corrected chi connectivity index (χ1v) is 16.3. The minimum absolute atomic E-state index is 0.641. The van der Waals surface area contributed by atoms with E-state index >= 15 is 0 Å². The van der Waals surface area contributed by atoms with Gasteiger partial charge in [0.2, 0.25) is 0 Å². The first-order valence-electron chi connectivity index (χ1n) is 16.3. The van der Waals surface area contributed by atoms with Gasteiger partial charge in [-0.1, -0.05) is 110 Å². The number of hydrogen-bond donors (Lipinski definition) is 0. The van der Waals surface area contributed by atoms with E-state index in [9.17, 15) is 0 Å². The molecule has 0 spiro atoms. The fourth-order valence-corrected chi connectivity index (χ4v) is 6.00. The molecule has 0 unspecified atom stereocenters. The molecule has 0 bridgehead atoms. The van der Waals surface area contributed by atoms with Gasteiger partial charge in [-0.05, 0) is 73.8 Å². The maximum Gasteiger partial charge on any atom is 0.159 e. The fraction of sp³-hybridized carbons (Fsp3) is 0.714. The smallest absolute Gasteiger partial charge is 0.159 e. The summed E-state index contributed by atoms with van der Waals surface area (Å²) in [5.74, 6) is 3.35. The number of rotatable bonds is 20. The highest BCUT2D eigenvalue weighted by molar-refractivity contribution is 5.56. The van der Waals surface area contributed by atoms with E-state index in [1.165, 1.54) is 128 Å². The van der Waals surface area contributed by atoms with Crippen molar-refractivity contribution in [3.63, 3.8) is 0 Å². The van der Waals surface area contributed by atoms with Crippen LogP contribution >= 0.6 is 0 Å². The molecule has 3 rings (SSSR count). The molecule has 38 heavy (non-hydrogen) atoms. The second kappa shape index (κ2) is 19.2. The molecule has 1 aliphatic carbocycles. The number of ether oxygens (including phenoxy) is 1. The van der Waals surface area contributed by atoms with Gasteiger partial charge in [0.25, 0.3) is 0 Å². The van der Waals surface area contributed by atoms with E-state index in [4.69, 9.17) is 14.7 Å². The summed E-state index contributed by atoms with van der Waals surface area (Å²) in [5.41, 5.74) is 2.39. The van der Waals surface area contributed by atoms with Crippen molar-refractivity contribution < 1.29 is 4.74 Å². The molecule has 1 heterocycles. The summed E-state index contributed by atoms with van der Waals surface area (Å²) in [6.07, 6.45) is 31.5. The Labute approximate surface area is 234 Å². The molecule has 1 fully saturated rings. The quantitative estimate of drug-likeness (QED) is 0.163. The average Bonchev–Trinajstić information content (AvgIpc) is 2.97. The van der Waals surface area contributed by atoms with Crippen LogP contribution in [0.3, 0.4) is 0 Å². The Bertz CT molecular complexity index is 824. The van der Waals surface area contributed by atoms with Crippen LogP contribution in [-0.4, -0.2) is 16.6 Å². The van der Waals surface area contributed by atoms with Crippen LogP contribution in [-0.2, 0) is 0 Å². The number of hydrogen-bond acceptors (Lipinski definition) is 3. The second-order valence-corrected chi connectivity index (χ2v) is 11.8. The largest absolute Gasteiger partial charge is 0.494 e. The third-order valence-corrected chi connectivity index (χ3v) is 8.59. The van der Waals surface area contributed by atoms with Gasteiger partial charge in [-0.2, -0.15) is 0 Å². The number of nitrogens with zero attached hydrogens (tertiary/aromatic N) is 2. The zero-order chi connectivity index (χ0) is 26.7. The molecule has 3 heteroatoms. The lowest BCUT2D eigenvalue weighted by molar-refractivity contribution is 0.301. The Morgan fingerprint density at radius 2 is 1.16 bits per heavy atom. The highest BCUT2D eigenvalue weighted by atomic mass is 16.5. The third-order valence-electron chi connectivity index (χ3n) is 8.59. The molecule has 212 valence electrons. The van der Waals surface area contributed by atoms with Crippen LogP contribution in [0.4, 0.5) is 0 Å². The van der Waals surface area contributed by atoms with Crippen molar-refractivity contribution in [3.05, 3.63) is 42.2 Å². The summed E-state index contributed by atoms with van der Waals surface area (Å²) in [5, 5.41) is 0. The highest BCUT2D eigenvalue weighted by Crippen LogP contribution is 2.37. The minimum atomic E-state index is 0.641. The van der Waals surface area contributed by atoms with Crippen LogP contribution in [0.1, 0.15) is 154 Å². The summed E-state index contributed by atoms with van der Waals surface area (Å²) >= 11 is 0. The lowest BCUT2D eigenvalue weighted by Gasteiger charge is -2.28. The lowest BCUT2D eigenvalue weighted by Crippen LogP contribution is -2.14. The fourth-order valence-electron chi connectivity index (χ4n) is 6.00. The van der Waals surface area contributed by atoms with Gasteiger partial charge in [-0.15, -0.1) is 0 Å². The summed E-state index contributed by atoms with van der Waals surface area (Å²) in [6.45, 7) is 5.38. The SMILES string of the molecule is CCCCCCCCCCCCOc1ccc(-c2ncc([C@H]3CC[C@H](CCCCCCC)CC3)cn2)cc1. The molecule has 2 aromatic rings. The summed E-state index contributed by atoms with van der Waals surface area (Å²) in [7, 11) is 0. The third kappa shape index (κ3) is 11.9. The van der Waals surface area contributed by atoms with E-state index < -0.39 is 0 Å². The van der Waals surface area contributed by atoms with Gasteiger partial charge in [-0.25, -0.2) is 9.97 Å². The number of aromatic nitrogens is 2. The molecule has 1 aromatic heterocycles. The van der Waals surface area contributed by atoms with Crippen molar-refractivity contribution in [1.29, 1.82) is 0 Å². The van der Waals surface area contributed by atoms with E-state index in [0.29, 0.717) is 5.92 Å². The Balaban J connectivity index is 1.29. The first-order chi connectivity index (χ1) is 18.8. The van der Waals surface area contributed by atoms with Gasteiger partial charge in [0.15, 0.2) is 5.82 Å². The van der Waals surface area contributed by atoms with Crippen molar-refractivity contribution in [2.24, 2.45) is 5.92 Å². The van der Waals surface area contributed by atoms with Crippen LogP contribution < -0.4 is 4.74 Å². The van der Waals surface area contributed by atoms with Gasteiger partial charge in [0.1, 0.15) is 5.75 Å². The van der Waals surface area contributed by atoms with E-state index in [0.717, 1.165) is 36.1 Å². The molecule has 0 N–H and O–H groups in total. The van der Waals surface area contributed by atoms with Crippen molar-refractivity contribution in [1.82, 2.24) is 9.97 Å². The molecule has 0 atom stereocenters. The predicted molar refractivity (Wildman–Crippen MR) is 163 cm³/mol. The van der Waals surface area contributed by atoms with E-state index in [-0.39, 0.29) is 0 Å². The van der Waals surface area contributed by atoms with E-state index in [2.05, 4.69) is 50.5 Å². The maximum atomic E-state index is 5.98. The molecule has 0 radical (unpaired) electrons. The highest BCUT2D eigenvalue weighted by Gasteiger charge is 2.22. The Morgan fingerprint density at radius 3 is 1.74 bits per heavy atom. The van der Waals surface area contributed by atoms with Crippen molar-refractivity contribution in [2.45, 2.75) is 148 Å². The topological polar surface area (TPSA) is 35.0 Å². The first kappa shape index (κ1) is 30.6. The number of unbranched alkanes of at least 4 members (excludes halogenated alkanes) is 13. The zero-order valence-corrected chi connectivity index (χ0v) is 24.8. The Hall–Kier alpha value is -1.90. The van der Waals surface area contributed by atoms with Gasteiger partial charge >= 0.3 is 0 Å². The molecule has 1 aliphatic rings. The Morgan fingerprint density at radius 1 is 0.632 bits per heavy atom. The van der Waals surface area contributed by atoms with Crippen molar-refractivity contribution in [2.75, 3.05) is 6.61 Å². The monoisotopic (exact) mass is 520 g/mol. The molecule has 0 amide bonds. The number of benzene rings is 1. The normalized spacial score (nSPS) is 17.5. The van der Waals surface area contributed by atoms with Crippen LogP contribution in [0, 0.1) is 5.92 Å². The molecule has 0 aliphatic heterocycles. The van der Waals surface area contributed by atoms with Gasteiger partial charge in [0, 0.05) is 18.0 Å². The van der Waals surface area contributed by atoms with Crippen molar-refractivity contribution >= 4 is 0 Å². The molecule has 1 aromatic carbocycles.